The van der Waals surface area contributed by atoms with Gasteiger partial charge in [-0.05, 0) is 80.0 Å². The van der Waals surface area contributed by atoms with E-state index < -0.39 is 6.36 Å². The van der Waals surface area contributed by atoms with E-state index in [4.69, 9.17) is 4.74 Å². The number of benzene rings is 3. The van der Waals surface area contributed by atoms with Crippen LogP contribution in [0, 0.1) is 0 Å². The highest BCUT2D eigenvalue weighted by molar-refractivity contribution is 8.14. The Labute approximate surface area is 282 Å². The third-order valence-electron chi connectivity index (χ3n) is 7.85. The van der Waals surface area contributed by atoms with Gasteiger partial charge in [0.05, 0.1) is 12.8 Å². The number of carbonyl (C=O) groups is 1. The second-order valence-corrected chi connectivity index (χ2v) is 12.9. The van der Waals surface area contributed by atoms with Crippen LogP contribution in [0.4, 0.5) is 23.7 Å². The molecule has 2 heterocycles. The lowest BCUT2D eigenvalue weighted by molar-refractivity contribution is -0.274. The van der Waals surface area contributed by atoms with Crippen molar-refractivity contribution in [3.8, 4) is 28.6 Å². The van der Waals surface area contributed by atoms with E-state index in [0.717, 1.165) is 60.5 Å². The van der Waals surface area contributed by atoms with Gasteiger partial charge in [0.25, 0.3) is 0 Å². The predicted molar refractivity (Wildman–Crippen MR) is 183 cm³/mol. The summed E-state index contributed by atoms with van der Waals surface area (Å²) in [6, 6.07) is 19.0. The van der Waals surface area contributed by atoms with E-state index in [1.165, 1.54) is 40.8 Å². The van der Waals surface area contributed by atoms with E-state index in [1.807, 2.05) is 43.3 Å². The molecule has 0 spiro atoms. The summed E-state index contributed by atoms with van der Waals surface area (Å²) in [6.45, 7) is 7.09. The summed E-state index contributed by atoms with van der Waals surface area (Å²) in [7, 11) is 1.66. The Kier molecular flexibility index (Phi) is 11.3. The van der Waals surface area contributed by atoms with Gasteiger partial charge in [-0.1, -0.05) is 55.9 Å². The molecule has 0 radical (unpaired) electrons. The van der Waals surface area contributed by atoms with Gasteiger partial charge in [-0.2, -0.15) is 4.99 Å². The van der Waals surface area contributed by atoms with Crippen LogP contribution in [0.2, 0.25) is 0 Å². The highest BCUT2D eigenvalue weighted by Crippen LogP contribution is 2.35. The topological polar surface area (TPSA) is 93.9 Å². The van der Waals surface area contributed by atoms with Crippen molar-refractivity contribution < 1.29 is 27.4 Å². The fourth-order valence-corrected chi connectivity index (χ4v) is 6.35. The first-order chi connectivity index (χ1) is 23.0. The van der Waals surface area contributed by atoms with Crippen molar-refractivity contribution >= 4 is 28.6 Å². The van der Waals surface area contributed by atoms with Gasteiger partial charge in [0.1, 0.15) is 17.8 Å². The Balaban J connectivity index is 1.12. The number of methoxy groups -OCH3 is 1. The van der Waals surface area contributed by atoms with E-state index in [1.54, 1.807) is 18.9 Å². The quantitative estimate of drug-likeness (QED) is 0.170. The zero-order valence-corrected chi connectivity index (χ0v) is 28.1. The Hall–Kier alpha value is -4.52. The lowest BCUT2D eigenvalue weighted by atomic mass is 10.00. The lowest BCUT2D eigenvalue weighted by Gasteiger charge is -2.32. The largest absolute Gasteiger partial charge is 0.573 e. The molecule has 9 nitrogen and oxygen atoms in total. The van der Waals surface area contributed by atoms with Gasteiger partial charge < -0.3 is 19.7 Å². The van der Waals surface area contributed by atoms with Gasteiger partial charge in [-0.15, -0.1) is 18.3 Å². The summed E-state index contributed by atoms with van der Waals surface area (Å²) in [6.07, 6.45) is 0.266. The average Bonchev–Trinajstić information content (AvgIpc) is 3.55. The molecule has 5 rings (SSSR count). The van der Waals surface area contributed by atoms with E-state index in [0.29, 0.717) is 22.6 Å². The Morgan fingerprint density at radius 2 is 1.77 bits per heavy atom. The summed E-state index contributed by atoms with van der Waals surface area (Å²) in [4.78, 5) is 23.9. The minimum atomic E-state index is -4.74. The van der Waals surface area contributed by atoms with Crippen LogP contribution in [-0.4, -0.2) is 57.8 Å². The maximum absolute atomic E-state index is 13.0. The number of hydrogen-bond donors (Lipinski definition) is 1. The molecular weight excluding hydrogens is 641 g/mol. The minimum absolute atomic E-state index is 0.0477. The van der Waals surface area contributed by atoms with Crippen LogP contribution < -0.4 is 19.7 Å². The van der Waals surface area contributed by atoms with Crippen molar-refractivity contribution in [3.05, 3.63) is 84.2 Å². The summed E-state index contributed by atoms with van der Waals surface area (Å²) < 4.78 is 48.2. The predicted octanol–water partition coefficient (Wildman–Crippen LogP) is 8.39. The molecule has 0 bridgehead atoms. The second kappa shape index (κ2) is 15.6. The fourth-order valence-electron chi connectivity index (χ4n) is 5.40. The number of aromatic nitrogens is 3. The van der Waals surface area contributed by atoms with Gasteiger partial charge >= 0.3 is 12.4 Å². The van der Waals surface area contributed by atoms with Crippen LogP contribution in [0.15, 0.2) is 78.0 Å². The third kappa shape index (κ3) is 9.30. The zero-order chi connectivity index (χ0) is 34.3. The third-order valence-corrected chi connectivity index (χ3v) is 8.91. The summed E-state index contributed by atoms with van der Waals surface area (Å²) in [5.41, 5.74) is 4.73. The SMILES string of the molecule is COc1ccc(C(C)C)c(N2CCCS/C2=N\C(=O)NC(C)CCCc2ccc(-c3ncn(-c4ccc(OC(F)(F)F)cc4)n3)cc2)c1. The van der Waals surface area contributed by atoms with Crippen molar-refractivity contribution in [3.63, 3.8) is 0 Å². The molecule has 1 N–H and O–H groups in total. The second-order valence-electron chi connectivity index (χ2n) is 11.8. The highest BCUT2D eigenvalue weighted by atomic mass is 32.2. The molecule has 1 atom stereocenters. The molecule has 13 heteroatoms. The number of alkyl halides is 3. The van der Waals surface area contributed by atoms with E-state index >= 15 is 0 Å². The summed E-state index contributed by atoms with van der Waals surface area (Å²) in [5.74, 6) is 2.19. The van der Waals surface area contributed by atoms with Crippen LogP contribution in [0.25, 0.3) is 17.1 Å². The Morgan fingerprint density at radius 3 is 2.46 bits per heavy atom. The van der Waals surface area contributed by atoms with Gasteiger partial charge in [0, 0.05) is 35.7 Å². The molecule has 3 aromatic carbocycles. The van der Waals surface area contributed by atoms with Crippen LogP contribution in [0.3, 0.4) is 0 Å². The molecule has 48 heavy (non-hydrogen) atoms. The first-order valence-corrected chi connectivity index (χ1v) is 16.8. The molecule has 1 aromatic heterocycles. The first kappa shape index (κ1) is 34.8. The number of urea groups is 1. The van der Waals surface area contributed by atoms with Gasteiger partial charge in [-0.25, -0.2) is 14.5 Å². The van der Waals surface area contributed by atoms with Crippen molar-refractivity contribution in [1.29, 1.82) is 0 Å². The molecular formula is C35H39F3N6O3S. The molecule has 0 saturated carbocycles. The molecule has 0 aliphatic carbocycles. The minimum Gasteiger partial charge on any atom is -0.497 e. The van der Waals surface area contributed by atoms with Crippen LogP contribution >= 0.6 is 11.8 Å². The van der Waals surface area contributed by atoms with Crippen molar-refractivity contribution in [2.75, 3.05) is 24.3 Å². The van der Waals surface area contributed by atoms with Crippen molar-refractivity contribution in [1.82, 2.24) is 20.1 Å². The number of amides is 2. The fraction of sp³-hybridized carbons (Fsp3) is 0.371. The maximum atomic E-state index is 13.0. The molecule has 4 aromatic rings. The number of aliphatic imine (C=N–C) groups is 1. The van der Waals surface area contributed by atoms with Gasteiger partial charge in [-0.3, -0.25) is 0 Å². The normalized spacial score (nSPS) is 15.1. The molecule has 1 aliphatic rings. The number of amidine groups is 1. The Morgan fingerprint density at radius 1 is 1.04 bits per heavy atom. The number of anilines is 1. The van der Waals surface area contributed by atoms with Gasteiger partial charge in [0.2, 0.25) is 0 Å². The number of halogens is 3. The number of rotatable bonds is 11. The van der Waals surface area contributed by atoms with Crippen LogP contribution in [-0.2, 0) is 6.42 Å². The van der Waals surface area contributed by atoms with Crippen molar-refractivity contribution in [2.24, 2.45) is 4.99 Å². The number of hydrogen-bond acceptors (Lipinski definition) is 6. The molecule has 1 fully saturated rings. The maximum Gasteiger partial charge on any atom is 0.573 e. The smallest absolute Gasteiger partial charge is 0.497 e. The summed E-state index contributed by atoms with van der Waals surface area (Å²) >= 11 is 1.60. The number of ether oxygens (including phenoxy) is 2. The highest BCUT2D eigenvalue weighted by Gasteiger charge is 2.31. The number of nitrogens with one attached hydrogen (secondary N) is 1. The van der Waals surface area contributed by atoms with E-state index in [9.17, 15) is 18.0 Å². The number of carbonyl (C=O) groups excluding carboxylic acids is 1. The molecule has 254 valence electrons. The number of thioether (sulfide) groups is 1. The van der Waals surface area contributed by atoms with Crippen LogP contribution in [0.5, 0.6) is 11.5 Å². The van der Waals surface area contributed by atoms with Crippen molar-refractivity contribution in [2.45, 2.75) is 64.8 Å². The standard InChI is InChI=1S/C35H39F3N6O3S/c1-23(2)30-18-17-29(46-4)21-31(30)43-19-6-20-48-34(43)41-33(45)40-24(3)7-5-8-25-9-11-26(12-10-25)32-39-22-44(42-32)27-13-15-28(16-14-27)47-35(36,37)38/h9-18,21-24H,5-8,19-20H2,1-4H3,(H,40,45)/b41-34-. The van der Waals surface area contributed by atoms with Gasteiger partial charge in [0.15, 0.2) is 11.0 Å². The monoisotopic (exact) mass is 680 g/mol. The molecule has 1 unspecified atom stereocenters. The Bertz CT molecular complexity index is 1710. The van der Waals surface area contributed by atoms with E-state index in [-0.39, 0.29) is 17.8 Å². The van der Waals surface area contributed by atoms with Crippen LogP contribution in [0.1, 0.15) is 57.1 Å². The lowest BCUT2D eigenvalue weighted by Crippen LogP contribution is -2.37. The molecule has 1 aliphatic heterocycles. The average molecular weight is 681 g/mol. The molecule has 1 saturated heterocycles. The number of aryl methyl sites for hydroxylation is 1. The first-order valence-electron chi connectivity index (χ1n) is 15.8. The summed E-state index contributed by atoms with van der Waals surface area (Å²) in [5, 5.41) is 8.20. The zero-order valence-electron chi connectivity index (χ0n) is 27.3. The molecule has 2 amide bonds. The number of nitrogens with zero attached hydrogens (tertiary/aromatic N) is 5. The van der Waals surface area contributed by atoms with E-state index in [2.05, 4.69) is 49.9 Å².